The van der Waals surface area contributed by atoms with Crippen LogP contribution >= 0.6 is 0 Å². The average molecular weight is 400 g/mol. The van der Waals surface area contributed by atoms with E-state index in [9.17, 15) is 26.7 Å². The molecule has 2 aromatic rings. The van der Waals surface area contributed by atoms with E-state index in [4.69, 9.17) is 0 Å². The van der Waals surface area contributed by atoms with Gasteiger partial charge in [0.1, 0.15) is 23.1 Å². The predicted octanol–water partition coefficient (Wildman–Crippen LogP) is 3.14. The Morgan fingerprint density at radius 2 is 1.68 bits per heavy atom. The fraction of sp³-hybridized carbons (Fsp3) is 0.333. The maximum atomic E-state index is 13.6. The molecule has 1 aliphatic rings. The Morgan fingerprint density at radius 3 is 2.21 bits per heavy atom. The molecule has 0 aliphatic carbocycles. The number of rotatable bonds is 4. The number of para-hydroxylation sites is 1. The SMILES string of the molecule is O=C(CN1CCN(c2ccc(C(F)(F)F)cn2)CC1)Nc1c(F)cccc1F. The van der Waals surface area contributed by atoms with E-state index >= 15 is 0 Å². The molecule has 0 saturated carbocycles. The van der Waals surface area contributed by atoms with Gasteiger partial charge in [0, 0.05) is 32.4 Å². The van der Waals surface area contributed by atoms with Crippen LogP contribution in [0.25, 0.3) is 0 Å². The van der Waals surface area contributed by atoms with Crippen molar-refractivity contribution < 1.29 is 26.7 Å². The van der Waals surface area contributed by atoms with Gasteiger partial charge in [0.15, 0.2) is 0 Å². The second-order valence-corrected chi connectivity index (χ2v) is 6.31. The number of pyridine rings is 1. The number of halogens is 5. The van der Waals surface area contributed by atoms with Gasteiger partial charge in [0.2, 0.25) is 5.91 Å². The van der Waals surface area contributed by atoms with Gasteiger partial charge in [0.05, 0.1) is 12.1 Å². The number of nitrogens with zero attached hydrogens (tertiary/aromatic N) is 3. The molecular weight excluding hydrogens is 383 g/mol. The summed E-state index contributed by atoms with van der Waals surface area (Å²) in [7, 11) is 0. The van der Waals surface area contributed by atoms with Crippen molar-refractivity contribution in [2.75, 3.05) is 42.9 Å². The van der Waals surface area contributed by atoms with Gasteiger partial charge >= 0.3 is 6.18 Å². The van der Waals surface area contributed by atoms with Gasteiger partial charge in [-0.3, -0.25) is 9.69 Å². The molecule has 0 unspecified atom stereocenters. The van der Waals surface area contributed by atoms with Gasteiger partial charge in [-0.2, -0.15) is 13.2 Å². The molecular formula is C18H17F5N4O. The Kier molecular flexibility index (Phi) is 5.78. The molecule has 1 aromatic carbocycles. The summed E-state index contributed by atoms with van der Waals surface area (Å²) in [4.78, 5) is 19.5. The van der Waals surface area contributed by atoms with Crippen molar-refractivity contribution in [3.05, 3.63) is 53.7 Å². The van der Waals surface area contributed by atoms with Crippen LogP contribution in [-0.4, -0.2) is 48.5 Å². The van der Waals surface area contributed by atoms with Crippen LogP contribution in [0.1, 0.15) is 5.56 Å². The van der Waals surface area contributed by atoms with Gasteiger partial charge in [-0.05, 0) is 24.3 Å². The molecule has 0 atom stereocenters. The summed E-state index contributed by atoms with van der Waals surface area (Å²) in [5.74, 6) is -1.84. The second kappa shape index (κ2) is 8.09. The van der Waals surface area contributed by atoms with Crippen LogP contribution in [0.5, 0.6) is 0 Å². The van der Waals surface area contributed by atoms with Crippen LogP contribution in [0.3, 0.4) is 0 Å². The Morgan fingerprint density at radius 1 is 1.04 bits per heavy atom. The van der Waals surface area contributed by atoms with Crippen LogP contribution in [0.4, 0.5) is 33.5 Å². The monoisotopic (exact) mass is 400 g/mol. The second-order valence-electron chi connectivity index (χ2n) is 6.31. The lowest BCUT2D eigenvalue weighted by Gasteiger charge is -2.35. The standard InChI is InChI=1S/C18H17F5N4O/c19-13-2-1-3-14(20)17(13)25-16(28)11-26-6-8-27(9-7-26)15-5-4-12(10-24-15)18(21,22)23/h1-5,10H,6-9,11H2,(H,25,28). The number of aromatic nitrogens is 1. The molecule has 0 bridgehead atoms. The molecule has 1 saturated heterocycles. The minimum Gasteiger partial charge on any atom is -0.354 e. The van der Waals surface area contributed by atoms with E-state index in [1.54, 1.807) is 4.90 Å². The molecule has 1 amide bonds. The molecule has 0 radical (unpaired) electrons. The van der Waals surface area contributed by atoms with Gasteiger partial charge in [-0.25, -0.2) is 13.8 Å². The number of carbonyl (C=O) groups excluding carboxylic acids is 1. The van der Waals surface area contributed by atoms with E-state index in [-0.39, 0.29) is 6.54 Å². The maximum Gasteiger partial charge on any atom is 0.417 e. The molecule has 1 N–H and O–H groups in total. The summed E-state index contributed by atoms with van der Waals surface area (Å²) in [5, 5.41) is 2.23. The highest BCUT2D eigenvalue weighted by Gasteiger charge is 2.31. The van der Waals surface area contributed by atoms with Crippen LogP contribution in [0.15, 0.2) is 36.5 Å². The Bertz CT molecular complexity index is 813. The van der Waals surface area contributed by atoms with Crippen molar-refractivity contribution in [2.45, 2.75) is 6.18 Å². The quantitative estimate of drug-likeness (QED) is 0.802. The summed E-state index contributed by atoms with van der Waals surface area (Å²) in [6.07, 6.45) is -3.65. The largest absolute Gasteiger partial charge is 0.417 e. The smallest absolute Gasteiger partial charge is 0.354 e. The van der Waals surface area contributed by atoms with Gasteiger partial charge < -0.3 is 10.2 Å². The van der Waals surface area contributed by atoms with Crippen LogP contribution < -0.4 is 10.2 Å². The minimum absolute atomic E-state index is 0.0535. The molecule has 150 valence electrons. The Hall–Kier alpha value is -2.75. The Balaban J connectivity index is 1.52. The maximum absolute atomic E-state index is 13.6. The van der Waals surface area contributed by atoms with Gasteiger partial charge in [-0.1, -0.05) is 6.07 Å². The lowest BCUT2D eigenvalue weighted by molar-refractivity contribution is -0.137. The highest BCUT2D eigenvalue weighted by molar-refractivity contribution is 5.92. The van der Waals surface area contributed by atoms with Crippen molar-refractivity contribution in [2.24, 2.45) is 0 Å². The normalized spacial score (nSPS) is 15.5. The van der Waals surface area contributed by atoms with E-state index in [1.807, 2.05) is 4.90 Å². The fourth-order valence-corrected chi connectivity index (χ4v) is 2.88. The lowest BCUT2D eigenvalue weighted by atomic mass is 10.2. The topological polar surface area (TPSA) is 48.5 Å². The molecule has 0 spiro atoms. The van der Waals surface area contributed by atoms with E-state index in [2.05, 4.69) is 10.3 Å². The van der Waals surface area contributed by atoms with E-state index in [1.165, 1.54) is 12.1 Å². The third-order valence-corrected chi connectivity index (χ3v) is 4.37. The zero-order valence-electron chi connectivity index (χ0n) is 14.6. The minimum atomic E-state index is -4.44. The molecule has 1 fully saturated rings. The summed E-state index contributed by atoms with van der Waals surface area (Å²) in [6, 6.07) is 5.59. The first-order valence-corrected chi connectivity index (χ1v) is 8.48. The first-order valence-electron chi connectivity index (χ1n) is 8.48. The number of alkyl halides is 3. The van der Waals surface area contributed by atoms with Crippen molar-refractivity contribution in [1.29, 1.82) is 0 Å². The van der Waals surface area contributed by atoms with Crippen molar-refractivity contribution in [3.63, 3.8) is 0 Å². The van der Waals surface area contributed by atoms with Crippen molar-refractivity contribution >= 4 is 17.4 Å². The predicted molar refractivity (Wildman–Crippen MR) is 92.9 cm³/mol. The average Bonchev–Trinajstić information content (AvgIpc) is 2.65. The molecule has 28 heavy (non-hydrogen) atoms. The zero-order chi connectivity index (χ0) is 20.3. The Labute approximate surface area is 157 Å². The number of amides is 1. The highest BCUT2D eigenvalue weighted by Crippen LogP contribution is 2.29. The first kappa shape index (κ1) is 20.0. The van der Waals surface area contributed by atoms with Gasteiger partial charge in [0.25, 0.3) is 0 Å². The number of piperazine rings is 1. The molecule has 3 rings (SSSR count). The number of hydrogen-bond donors (Lipinski definition) is 1. The van der Waals surface area contributed by atoms with Crippen LogP contribution in [0, 0.1) is 11.6 Å². The first-order chi connectivity index (χ1) is 13.2. The number of anilines is 2. The van der Waals surface area contributed by atoms with E-state index in [0.717, 1.165) is 24.4 Å². The number of carbonyl (C=O) groups is 1. The highest BCUT2D eigenvalue weighted by atomic mass is 19.4. The van der Waals surface area contributed by atoms with Crippen LogP contribution in [0.2, 0.25) is 0 Å². The molecule has 10 heteroatoms. The summed E-state index contributed by atoms with van der Waals surface area (Å²) in [5.41, 5.74) is -1.30. The zero-order valence-corrected chi connectivity index (χ0v) is 14.6. The molecule has 2 heterocycles. The van der Waals surface area contributed by atoms with Gasteiger partial charge in [-0.15, -0.1) is 0 Å². The van der Waals surface area contributed by atoms with Crippen molar-refractivity contribution in [3.8, 4) is 0 Å². The third kappa shape index (κ3) is 4.75. The number of benzene rings is 1. The summed E-state index contributed by atoms with van der Waals surface area (Å²) < 4.78 is 64.9. The third-order valence-electron chi connectivity index (χ3n) is 4.37. The molecule has 1 aliphatic heterocycles. The fourth-order valence-electron chi connectivity index (χ4n) is 2.88. The lowest BCUT2D eigenvalue weighted by Crippen LogP contribution is -2.49. The summed E-state index contributed by atoms with van der Waals surface area (Å²) >= 11 is 0. The van der Waals surface area contributed by atoms with E-state index in [0.29, 0.717) is 32.0 Å². The van der Waals surface area contributed by atoms with E-state index < -0.39 is 35.0 Å². The molecule has 5 nitrogen and oxygen atoms in total. The summed E-state index contributed by atoms with van der Waals surface area (Å²) in [6.45, 7) is 1.77. The number of nitrogens with one attached hydrogen (secondary N) is 1. The number of hydrogen-bond acceptors (Lipinski definition) is 4. The van der Waals surface area contributed by atoms with Crippen LogP contribution in [-0.2, 0) is 11.0 Å². The molecule has 1 aromatic heterocycles. The van der Waals surface area contributed by atoms with Crippen molar-refractivity contribution in [1.82, 2.24) is 9.88 Å².